The summed E-state index contributed by atoms with van der Waals surface area (Å²) in [6, 6.07) is 17.6. The Morgan fingerprint density at radius 2 is 1.88 bits per heavy atom. The molecule has 2 aliphatic heterocycles. The van der Waals surface area contributed by atoms with Crippen LogP contribution in [0.4, 0.5) is 11.4 Å². The van der Waals surface area contributed by atoms with Crippen LogP contribution in [0.3, 0.4) is 0 Å². The molecule has 3 aromatic rings. The highest BCUT2D eigenvalue weighted by Crippen LogP contribution is 2.28. The largest absolute Gasteiger partial charge is 0.369 e. The summed E-state index contributed by atoms with van der Waals surface area (Å²) in [5.74, 6) is 0.593. The van der Waals surface area contributed by atoms with Gasteiger partial charge < -0.3 is 20.4 Å². The molecule has 2 saturated heterocycles. The standard InChI is InChI=1S/C25H31N7/c1-19-14-21(28-16-20-2-4-22(5-3-20)30-12-10-27-11-13-30)18-31(17-19)24-7-6-23(15-26)32-25(24)8-9-29-32/h2-9,19,21,27-28H,10-14,16-18H2,1H3. The highest BCUT2D eigenvalue weighted by Gasteiger charge is 2.26. The number of hydrogen-bond acceptors (Lipinski definition) is 6. The van der Waals surface area contributed by atoms with Gasteiger partial charge in [0.25, 0.3) is 0 Å². The second kappa shape index (κ2) is 9.19. The molecule has 1 aromatic carbocycles. The van der Waals surface area contributed by atoms with Crippen molar-refractivity contribution in [3.8, 4) is 6.07 Å². The number of nitriles is 1. The molecule has 2 aliphatic rings. The van der Waals surface area contributed by atoms with Crippen molar-refractivity contribution in [2.45, 2.75) is 25.9 Å². The SMILES string of the molecule is CC1CC(NCc2ccc(N3CCNCC3)cc2)CN(c2ccc(C#N)n3nccc23)C1. The average Bonchev–Trinajstić information content (AvgIpc) is 3.33. The third-order valence-electron chi connectivity index (χ3n) is 6.66. The van der Waals surface area contributed by atoms with Gasteiger partial charge in [0.15, 0.2) is 0 Å². The number of nitrogens with one attached hydrogen (secondary N) is 2. The molecule has 2 N–H and O–H groups in total. The van der Waals surface area contributed by atoms with Gasteiger partial charge in [-0.3, -0.25) is 0 Å². The normalized spacial score (nSPS) is 21.6. The number of anilines is 2. The lowest BCUT2D eigenvalue weighted by molar-refractivity contribution is 0.350. The zero-order valence-electron chi connectivity index (χ0n) is 18.7. The molecule has 2 fully saturated rings. The Labute approximate surface area is 189 Å². The Hall–Kier alpha value is -3.08. The molecule has 0 aliphatic carbocycles. The van der Waals surface area contributed by atoms with E-state index in [1.54, 1.807) is 10.7 Å². The van der Waals surface area contributed by atoms with Crippen LogP contribution in [0.25, 0.3) is 5.52 Å². The van der Waals surface area contributed by atoms with E-state index in [1.807, 2.05) is 12.1 Å². The van der Waals surface area contributed by atoms with Gasteiger partial charge in [0.1, 0.15) is 11.8 Å². The molecule has 0 saturated carbocycles. The van der Waals surface area contributed by atoms with Crippen molar-refractivity contribution >= 4 is 16.9 Å². The number of benzene rings is 1. The first kappa shape index (κ1) is 20.8. The molecular formula is C25H31N7. The highest BCUT2D eigenvalue weighted by molar-refractivity contribution is 5.74. The van der Waals surface area contributed by atoms with Gasteiger partial charge in [-0.1, -0.05) is 19.1 Å². The van der Waals surface area contributed by atoms with Gasteiger partial charge in [-0.25, -0.2) is 4.52 Å². The molecule has 0 amide bonds. The topological polar surface area (TPSA) is 71.6 Å². The zero-order valence-corrected chi connectivity index (χ0v) is 18.7. The molecule has 166 valence electrons. The van der Waals surface area contributed by atoms with Crippen LogP contribution in [0.15, 0.2) is 48.7 Å². The molecule has 0 radical (unpaired) electrons. The van der Waals surface area contributed by atoms with Crippen molar-refractivity contribution in [3.05, 3.63) is 59.9 Å². The first-order valence-corrected chi connectivity index (χ1v) is 11.6. The molecular weight excluding hydrogens is 398 g/mol. The summed E-state index contributed by atoms with van der Waals surface area (Å²) in [6.45, 7) is 9.44. The van der Waals surface area contributed by atoms with E-state index < -0.39 is 0 Å². The first-order valence-electron chi connectivity index (χ1n) is 11.6. The fourth-order valence-corrected chi connectivity index (χ4v) is 5.06. The minimum Gasteiger partial charge on any atom is -0.369 e. The van der Waals surface area contributed by atoms with Crippen LogP contribution in [0.2, 0.25) is 0 Å². The lowest BCUT2D eigenvalue weighted by Crippen LogP contribution is -2.48. The third-order valence-corrected chi connectivity index (χ3v) is 6.66. The quantitative estimate of drug-likeness (QED) is 0.650. The van der Waals surface area contributed by atoms with Crippen LogP contribution in [-0.2, 0) is 6.54 Å². The maximum absolute atomic E-state index is 9.37. The number of piperazine rings is 1. The summed E-state index contributed by atoms with van der Waals surface area (Å²) in [5.41, 5.74) is 5.36. The Morgan fingerprint density at radius 3 is 2.66 bits per heavy atom. The molecule has 7 nitrogen and oxygen atoms in total. The van der Waals surface area contributed by atoms with Crippen molar-refractivity contribution < 1.29 is 0 Å². The number of rotatable bonds is 5. The van der Waals surface area contributed by atoms with Gasteiger partial charge >= 0.3 is 0 Å². The van der Waals surface area contributed by atoms with Crippen LogP contribution in [0.1, 0.15) is 24.6 Å². The Morgan fingerprint density at radius 1 is 1.06 bits per heavy atom. The van der Waals surface area contributed by atoms with E-state index in [0.717, 1.165) is 57.0 Å². The summed E-state index contributed by atoms with van der Waals surface area (Å²) < 4.78 is 1.75. The molecule has 4 heterocycles. The molecule has 5 rings (SSSR count). The van der Waals surface area contributed by atoms with Gasteiger partial charge in [-0.05, 0) is 48.2 Å². The smallest absolute Gasteiger partial charge is 0.142 e. The number of fused-ring (bicyclic) bond motifs is 1. The predicted molar refractivity (Wildman–Crippen MR) is 128 cm³/mol. The summed E-state index contributed by atoms with van der Waals surface area (Å²) in [6.07, 6.45) is 2.94. The second-order valence-corrected chi connectivity index (χ2v) is 9.07. The molecule has 7 heteroatoms. The number of nitrogens with zero attached hydrogens (tertiary/aromatic N) is 5. The van der Waals surface area contributed by atoms with Crippen LogP contribution in [0.5, 0.6) is 0 Å². The average molecular weight is 430 g/mol. The maximum Gasteiger partial charge on any atom is 0.142 e. The molecule has 2 aromatic heterocycles. The van der Waals surface area contributed by atoms with Gasteiger partial charge in [0, 0.05) is 57.5 Å². The molecule has 0 spiro atoms. The van der Waals surface area contributed by atoms with E-state index in [0.29, 0.717) is 17.7 Å². The zero-order chi connectivity index (χ0) is 21.9. The van der Waals surface area contributed by atoms with Gasteiger partial charge in [0.2, 0.25) is 0 Å². The Balaban J connectivity index is 1.24. The summed E-state index contributed by atoms with van der Waals surface area (Å²) in [7, 11) is 0. The van der Waals surface area contributed by atoms with Crippen LogP contribution in [-0.4, -0.2) is 54.9 Å². The van der Waals surface area contributed by atoms with E-state index in [2.05, 4.69) is 68.9 Å². The summed E-state index contributed by atoms with van der Waals surface area (Å²) in [5, 5.41) is 20.9. The Bertz CT molecular complexity index is 1090. The highest BCUT2D eigenvalue weighted by atomic mass is 15.3. The number of pyridine rings is 1. The van der Waals surface area contributed by atoms with Crippen molar-refractivity contribution in [2.75, 3.05) is 49.1 Å². The van der Waals surface area contributed by atoms with Crippen molar-refractivity contribution in [2.24, 2.45) is 5.92 Å². The van der Waals surface area contributed by atoms with Crippen molar-refractivity contribution in [3.63, 3.8) is 0 Å². The van der Waals surface area contributed by atoms with Crippen molar-refractivity contribution in [1.82, 2.24) is 20.2 Å². The van der Waals surface area contributed by atoms with Gasteiger partial charge in [-0.15, -0.1) is 0 Å². The first-order chi connectivity index (χ1) is 15.7. The third kappa shape index (κ3) is 4.29. The fourth-order valence-electron chi connectivity index (χ4n) is 5.06. The number of piperidine rings is 1. The molecule has 32 heavy (non-hydrogen) atoms. The number of hydrogen-bond donors (Lipinski definition) is 2. The van der Waals surface area contributed by atoms with Crippen LogP contribution < -0.4 is 20.4 Å². The van der Waals surface area contributed by atoms with Crippen LogP contribution >= 0.6 is 0 Å². The van der Waals surface area contributed by atoms with Gasteiger partial charge in [0.05, 0.1) is 17.4 Å². The molecule has 2 unspecified atom stereocenters. The predicted octanol–water partition coefficient (Wildman–Crippen LogP) is 2.62. The summed E-state index contributed by atoms with van der Waals surface area (Å²) >= 11 is 0. The maximum atomic E-state index is 9.37. The van der Waals surface area contributed by atoms with Gasteiger partial charge in [-0.2, -0.15) is 10.4 Å². The Kier molecular flexibility index (Phi) is 5.97. The number of aromatic nitrogens is 2. The lowest BCUT2D eigenvalue weighted by atomic mass is 9.95. The van der Waals surface area contributed by atoms with E-state index >= 15 is 0 Å². The minimum atomic E-state index is 0.421. The molecule has 2 atom stereocenters. The minimum absolute atomic E-state index is 0.421. The molecule has 0 bridgehead atoms. The van der Waals surface area contributed by atoms with Crippen molar-refractivity contribution in [1.29, 1.82) is 5.26 Å². The monoisotopic (exact) mass is 429 g/mol. The van der Waals surface area contributed by atoms with E-state index in [4.69, 9.17) is 0 Å². The van der Waals surface area contributed by atoms with Crippen LogP contribution in [0, 0.1) is 17.2 Å². The van der Waals surface area contributed by atoms with E-state index in [9.17, 15) is 5.26 Å². The summed E-state index contributed by atoms with van der Waals surface area (Å²) in [4.78, 5) is 4.89. The second-order valence-electron chi connectivity index (χ2n) is 9.07. The van der Waals surface area contributed by atoms with E-state index in [1.165, 1.54) is 17.7 Å². The lowest BCUT2D eigenvalue weighted by Gasteiger charge is -2.38. The van der Waals surface area contributed by atoms with E-state index in [-0.39, 0.29) is 0 Å². The fraction of sp³-hybridized carbons (Fsp3) is 0.440.